The van der Waals surface area contributed by atoms with Crippen LogP contribution in [0.15, 0.2) is 30.0 Å². The van der Waals surface area contributed by atoms with Crippen LogP contribution in [-0.4, -0.2) is 54.3 Å². The number of carbonyl (C=O) groups excluding carboxylic acids is 4. The third kappa shape index (κ3) is 6.17. The third-order valence-electron chi connectivity index (χ3n) is 4.45. The first-order chi connectivity index (χ1) is 13.8. The maximum atomic E-state index is 13.2. The maximum Gasteiger partial charge on any atom is 0.308 e. The molecule has 3 amide bonds. The topological polar surface area (TPSA) is 105 Å². The summed E-state index contributed by atoms with van der Waals surface area (Å²) >= 11 is 0. The molecule has 8 heteroatoms. The fraction of sp³-hybridized carbons (Fsp3) is 0.429. The minimum absolute atomic E-state index is 0.0495. The maximum absolute atomic E-state index is 13.2. The van der Waals surface area contributed by atoms with Crippen LogP contribution in [-0.2, 0) is 23.9 Å². The van der Waals surface area contributed by atoms with Crippen LogP contribution in [0, 0.1) is 6.92 Å². The highest BCUT2D eigenvalue weighted by atomic mass is 16.5. The van der Waals surface area contributed by atoms with Crippen LogP contribution >= 0.6 is 0 Å². The molecule has 0 aliphatic carbocycles. The van der Waals surface area contributed by atoms with Crippen molar-refractivity contribution in [1.29, 1.82) is 0 Å². The molecule has 8 nitrogen and oxygen atoms in total. The van der Waals surface area contributed by atoms with Crippen molar-refractivity contribution in [3.05, 3.63) is 41.1 Å². The lowest BCUT2D eigenvalue weighted by atomic mass is 10.1. The number of nitrogens with one attached hydrogen (secondary N) is 2. The summed E-state index contributed by atoms with van der Waals surface area (Å²) in [6.45, 7) is 5.81. The number of nitrogens with zero attached hydrogens (tertiary/aromatic N) is 1. The first-order valence-corrected chi connectivity index (χ1v) is 9.62. The minimum atomic E-state index is -0.991. The van der Waals surface area contributed by atoms with Gasteiger partial charge in [0.15, 0.2) is 0 Å². The molecule has 1 unspecified atom stereocenters. The Labute approximate surface area is 170 Å². The van der Waals surface area contributed by atoms with Gasteiger partial charge in [0.25, 0.3) is 5.91 Å². The standard InChI is InChI=1S/C21H27N3O5/c1-4-11-29-19(26)13-18-20(27)22-9-10-24(18)21(28)17(23-15(3)25)12-16-8-6-5-7-14(16)2/h5-8,12,18H,4,9-11,13H2,1-3H3,(H,22,27)(H,23,25). The van der Waals surface area contributed by atoms with Gasteiger partial charge in [0.2, 0.25) is 11.8 Å². The van der Waals surface area contributed by atoms with E-state index in [0.717, 1.165) is 11.1 Å². The summed E-state index contributed by atoms with van der Waals surface area (Å²) < 4.78 is 5.07. The van der Waals surface area contributed by atoms with Crippen LogP contribution in [0.1, 0.15) is 37.8 Å². The lowest BCUT2D eigenvalue weighted by Crippen LogP contribution is -2.58. The number of carbonyl (C=O) groups is 4. The Morgan fingerprint density at radius 1 is 1.31 bits per heavy atom. The molecule has 0 bridgehead atoms. The molecule has 1 aliphatic heterocycles. The first-order valence-electron chi connectivity index (χ1n) is 9.62. The molecule has 29 heavy (non-hydrogen) atoms. The van der Waals surface area contributed by atoms with Gasteiger partial charge in [0.05, 0.1) is 13.0 Å². The number of hydrogen-bond donors (Lipinski definition) is 2. The summed E-state index contributed by atoms with van der Waals surface area (Å²) in [6, 6.07) is 6.43. The Balaban J connectivity index is 2.31. The monoisotopic (exact) mass is 401 g/mol. The number of ether oxygens (including phenoxy) is 1. The summed E-state index contributed by atoms with van der Waals surface area (Å²) in [4.78, 5) is 50.6. The lowest BCUT2D eigenvalue weighted by molar-refractivity contribution is -0.151. The SMILES string of the molecule is CCCOC(=O)CC1C(=O)NCCN1C(=O)C(=Cc1ccccc1C)NC(C)=O. The van der Waals surface area contributed by atoms with Crippen LogP contribution in [0.5, 0.6) is 0 Å². The number of hydrogen-bond acceptors (Lipinski definition) is 5. The van der Waals surface area contributed by atoms with Gasteiger partial charge in [0.1, 0.15) is 11.7 Å². The molecule has 2 N–H and O–H groups in total. The zero-order valence-electron chi connectivity index (χ0n) is 17.0. The average Bonchev–Trinajstić information content (AvgIpc) is 2.68. The fourth-order valence-electron chi connectivity index (χ4n) is 2.99. The summed E-state index contributed by atoms with van der Waals surface area (Å²) in [5.74, 6) is -1.89. The van der Waals surface area contributed by atoms with E-state index in [2.05, 4.69) is 10.6 Å². The van der Waals surface area contributed by atoms with E-state index >= 15 is 0 Å². The van der Waals surface area contributed by atoms with Gasteiger partial charge < -0.3 is 20.3 Å². The van der Waals surface area contributed by atoms with Crippen molar-refractivity contribution >= 4 is 29.8 Å². The van der Waals surface area contributed by atoms with E-state index < -0.39 is 29.7 Å². The Kier molecular flexibility index (Phi) is 7.94. The molecule has 1 aliphatic rings. The van der Waals surface area contributed by atoms with Crippen LogP contribution in [0.4, 0.5) is 0 Å². The van der Waals surface area contributed by atoms with Crippen LogP contribution in [0.2, 0.25) is 0 Å². The molecule has 0 saturated carbocycles. The van der Waals surface area contributed by atoms with Crippen molar-refractivity contribution in [2.24, 2.45) is 0 Å². The zero-order chi connectivity index (χ0) is 21.4. The number of piperazine rings is 1. The first kappa shape index (κ1) is 22.1. The second-order valence-corrected chi connectivity index (χ2v) is 6.83. The van der Waals surface area contributed by atoms with E-state index in [-0.39, 0.29) is 31.8 Å². The molecule has 0 radical (unpaired) electrons. The summed E-state index contributed by atoms with van der Waals surface area (Å²) in [7, 11) is 0. The molecule has 2 rings (SSSR count). The van der Waals surface area contributed by atoms with E-state index in [1.807, 2.05) is 38.1 Å². The molecule has 1 aromatic rings. The highest BCUT2D eigenvalue weighted by Crippen LogP contribution is 2.17. The molecular formula is C21H27N3O5. The Bertz CT molecular complexity index is 818. The van der Waals surface area contributed by atoms with Gasteiger partial charge >= 0.3 is 5.97 Å². The van der Waals surface area contributed by atoms with Crippen molar-refractivity contribution in [2.75, 3.05) is 19.7 Å². The van der Waals surface area contributed by atoms with Crippen molar-refractivity contribution in [2.45, 2.75) is 39.7 Å². The van der Waals surface area contributed by atoms with Crippen molar-refractivity contribution in [3.8, 4) is 0 Å². The number of benzene rings is 1. The highest BCUT2D eigenvalue weighted by Gasteiger charge is 2.36. The van der Waals surface area contributed by atoms with Crippen molar-refractivity contribution in [3.63, 3.8) is 0 Å². The van der Waals surface area contributed by atoms with Gasteiger partial charge in [0, 0.05) is 20.0 Å². The van der Waals surface area contributed by atoms with Crippen molar-refractivity contribution in [1.82, 2.24) is 15.5 Å². The van der Waals surface area contributed by atoms with E-state index in [9.17, 15) is 19.2 Å². The van der Waals surface area contributed by atoms with Gasteiger partial charge in [-0.05, 0) is 30.5 Å². The second kappa shape index (κ2) is 10.4. The fourth-order valence-corrected chi connectivity index (χ4v) is 2.99. The number of amides is 3. The molecule has 0 aromatic heterocycles. The van der Waals surface area contributed by atoms with Gasteiger partial charge in [-0.2, -0.15) is 0 Å². The summed E-state index contributed by atoms with van der Waals surface area (Å²) in [6.07, 6.45) is 2.00. The van der Waals surface area contributed by atoms with Gasteiger partial charge in [-0.15, -0.1) is 0 Å². The smallest absolute Gasteiger partial charge is 0.308 e. The number of aryl methyl sites for hydroxylation is 1. The molecule has 1 aromatic carbocycles. The highest BCUT2D eigenvalue weighted by molar-refractivity contribution is 6.03. The molecule has 0 spiro atoms. The minimum Gasteiger partial charge on any atom is -0.466 e. The van der Waals surface area contributed by atoms with Gasteiger partial charge in [-0.3, -0.25) is 19.2 Å². The predicted octanol–water partition coefficient (Wildman–Crippen LogP) is 1.14. The van der Waals surface area contributed by atoms with Gasteiger partial charge in [-0.1, -0.05) is 31.2 Å². The zero-order valence-corrected chi connectivity index (χ0v) is 17.0. The number of esters is 1. The Hall–Kier alpha value is -3.16. The van der Waals surface area contributed by atoms with Crippen LogP contribution < -0.4 is 10.6 Å². The lowest BCUT2D eigenvalue weighted by Gasteiger charge is -2.35. The van der Waals surface area contributed by atoms with E-state index in [1.54, 1.807) is 6.08 Å². The molecule has 1 heterocycles. The van der Waals surface area contributed by atoms with E-state index in [1.165, 1.54) is 11.8 Å². The van der Waals surface area contributed by atoms with E-state index in [0.29, 0.717) is 6.42 Å². The Morgan fingerprint density at radius 3 is 2.69 bits per heavy atom. The predicted molar refractivity (Wildman–Crippen MR) is 107 cm³/mol. The molecule has 1 fully saturated rings. The normalized spacial score (nSPS) is 16.8. The Morgan fingerprint density at radius 2 is 2.03 bits per heavy atom. The second-order valence-electron chi connectivity index (χ2n) is 6.83. The average molecular weight is 401 g/mol. The summed E-state index contributed by atoms with van der Waals surface area (Å²) in [5, 5.41) is 5.23. The van der Waals surface area contributed by atoms with Crippen LogP contribution in [0.25, 0.3) is 6.08 Å². The molecule has 1 atom stereocenters. The largest absolute Gasteiger partial charge is 0.466 e. The quantitative estimate of drug-likeness (QED) is 0.527. The van der Waals surface area contributed by atoms with Gasteiger partial charge in [-0.25, -0.2) is 0 Å². The molecule has 1 saturated heterocycles. The molecular weight excluding hydrogens is 374 g/mol. The van der Waals surface area contributed by atoms with Crippen molar-refractivity contribution < 1.29 is 23.9 Å². The number of rotatable bonds is 7. The molecule has 156 valence electrons. The van der Waals surface area contributed by atoms with Crippen LogP contribution in [0.3, 0.4) is 0 Å². The van der Waals surface area contributed by atoms with E-state index in [4.69, 9.17) is 4.74 Å². The summed E-state index contributed by atoms with van der Waals surface area (Å²) in [5.41, 5.74) is 1.75. The third-order valence-corrected chi connectivity index (χ3v) is 4.45.